The minimum absolute atomic E-state index is 0.0555. The van der Waals surface area contributed by atoms with Gasteiger partial charge in [-0.1, -0.05) is 26.0 Å². The molecule has 1 amide bonds. The highest BCUT2D eigenvalue weighted by Crippen LogP contribution is 2.29. The zero-order chi connectivity index (χ0) is 14.6. The normalized spacial score (nSPS) is 23.6. The van der Waals surface area contributed by atoms with Gasteiger partial charge >= 0.3 is 0 Å². The second-order valence-corrected chi connectivity index (χ2v) is 4.80. The van der Waals surface area contributed by atoms with Crippen LogP contribution in [-0.2, 0) is 10.3 Å². The van der Waals surface area contributed by atoms with Crippen molar-refractivity contribution in [1.82, 2.24) is 10.6 Å². The Kier molecular flexibility index (Phi) is 4.27. The zero-order valence-corrected chi connectivity index (χ0v) is 12.2. The average molecular weight is 275 g/mol. The van der Waals surface area contributed by atoms with Crippen molar-refractivity contribution >= 4 is 11.9 Å². The Hall–Kier alpha value is -2.04. The molecule has 108 valence electrons. The summed E-state index contributed by atoms with van der Waals surface area (Å²) in [5.41, 5.74) is 0.179. The third-order valence-corrected chi connectivity index (χ3v) is 3.56. The van der Waals surface area contributed by atoms with Crippen LogP contribution in [0.1, 0.15) is 32.3 Å². The molecule has 0 aliphatic carbocycles. The number of carbonyl (C=O) groups excluding carboxylic acids is 1. The summed E-state index contributed by atoms with van der Waals surface area (Å²) in [5.74, 6) is 1.29. The molecule has 1 aromatic rings. The molecule has 0 spiro atoms. The standard InChI is InChI=1S/C15H21N3O2/c1-4-10-16-14-17-13(19)15(5-2,18-14)11-6-8-12(20-3)9-7-11/h6-9H,4-5,10H2,1-3H3,(H2,16,17,18,19). The predicted octanol–water partition coefficient (Wildman–Crippen LogP) is 1.79. The molecule has 0 saturated carbocycles. The molecule has 2 rings (SSSR count). The Balaban J connectivity index is 2.31. The smallest absolute Gasteiger partial charge is 0.257 e. The van der Waals surface area contributed by atoms with Gasteiger partial charge in [-0.25, -0.2) is 0 Å². The number of nitrogens with zero attached hydrogens (tertiary/aromatic N) is 1. The largest absolute Gasteiger partial charge is 0.497 e. The van der Waals surface area contributed by atoms with Crippen molar-refractivity contribution in [3.63, 3.8) is 0 Å². The fraction of sp³-hybridized carbons (Fsp3) is 0.467. The van der Waals surface area contributed by atoms with Crippen molar-refractivity contribution in [2.45, 2.75) is 32.2 Å². The number of hydrogen-bond donors (Lipinski definition) is 2. The molecular formula is C15H21N3O2. The van der Waals surface area contributed by atoms with E-state index in [1.807, 2.05) is 31.2 Å². The molecule has 5 heteroatoms. The van der Waals surface area contributed by atoms with Crippen molar-refractivity contribution in [1.29, 1.82) is 0 Å². The number of guanidine groups is 1. The molecule has 0 aromatic heterocycles. The fourth-order valence-corrected chi connectivity index (χ4v) is 2.34. The number of ether oxygens (including phenoxy) is 1. The second kappa shape index (κ2) is 5.94. The van der Waals surface area contributed by atoms with Gasteiger partial charge in [-0.2, -0.15) is 0 Å². The minimum atomic E-state index is -0.737. The van der Waals surface area contributed by atoms with Crippen molar-refractivity contribution in [2.24, 2.45) is 4.99 Å². The topological polar surface area (TPSA) is 62.7 Å². The van der Waals surface area contributed by atoms with Crippen molar-refractivity contribution in [3.8, 4) is 5.75 Å². The molecule has 1 fully saturated rings. The van der Waals surface area contributed by atoms with Crippen LogP contribution in [0.2, 0.25) is 0 Å². The molecular weight excluding hydrogens is 254 g/mol. The van der Waals surface area contributed by atoms with Crippen molar-refractivity contribution in [3.05, 3.63) is 29.8 Å². The lowest BCUT2D eigenvalue weighted by Crippen LogP contribution is -2.43. The van der Waals surface area contributed by atoms with E-state index in [0.29, 0.717) is 18.9 Å². The first-order chi connectivity index (χ1) is 9.66. The third kappa shape index (κ3) is 2.48. The quantitative estimate of drug-likeness (QED) is 0.861. The van der Waals surface area contributed by atoms with E-state index in [4.69, 9.17) is 4.74 Å². The van der Waals surface area contributed by atoms with E-state index in [0.717, 1.165) is 17.7 Å². The van der Waals surface area contributed by atoms with Crippen LogP contribution in [0.25, 0.3) is 0 Å². The number of aliphatic imine (C=N–C) groups is 1. The number of methoxy groups -OCH3 is 1. The summed E-state index contributed by atoms with van der Waals surface area (Å²) in [6.07, 6.45) is 1.60. The van der Waals surface area contributed by atoms with E-state index in [2.05, 4.69) is 22.5 Å². The van der Waals surface area contributed by atoms with Gasteiger partial charge in [-0.3, -0.25) is 15.1 Å². The number of hydrogen-bond acceptors (Lipinski definition) is 3. The molecule has 1 aromatic carbocycles. The van der Waals surface area contributed by atoms with E-state index in [1.165, 1.54) is 0 Å². The van der Waals surface area contributed by atoms with E-state index < -0.39 is 5.54 Å². The lowest BCUT2D eigenvalue weighted by atomic mass is 9.87. The molecule has 5 nitrogen and oxygen atoms in total. The minimum Gasteiger partial charge on any atom is -0.497 e. The van der Waals surface area contributed by atoms with Gasteiger partial charge in [-0.05, 0) is 30.5 Å². The molecule has 1 aliphatic rings. The Bertz CT molecular complexity index is 510. The Morgan fingerprint density at radius 3 is 2.50 bits per heavy atom. The first-order valence-electron chi connectivity index (χ1n) is 6.95. The van der Waals surface area contributed by atoms with Crippen LogP contribution >= 0.6 is 0 Å². The maximum atomic E-state index is 12.4. The highest BCUT2D eigenvalue weighted by atomic mass is 16.5. The summed E-state index contributed by atoms with van der Waals surface area (Å²) in [7, 11) is 1.63. The molecule has 0 bridgehead atoms. The average Bonchev–Trinajstić information content (AvgIpc) is 2.82. The predicted molar refractivity (Wildman–Crippen MR) is 78.8 cm³/mol. The van der Waals surface area contributed by atoms with Crippen LogP contribution in [0.15, 0.2) is 29.3 Å². The van der Waals surface area contributed by atoms with Gasteiger partial charge in [0.2, 0.25) is 0 Å². The third-order valence-electron chi connectivity index (χ3n) is 3.56. The van der Waals surface area contributed by atoms with Crippen LogP contribution in [0.4, 0.5) is 0 Å². The van der Waals surface area contributed by atoms with E-state index in [9.17, 15) is 4.79 Å². The van der Waals surface area contributed by atoms with E-state index >= 15 is 0 Å². The second-order valence-electron chi connectivity index (χ2n) is 4.80. The van der Waals surface area contributed by atoms with Gasteiger partial charge in [-0.15, -0.1) is 0 Å². The molecule has 1 heterocycles. The first kappa shape index (κ1) is 14.4. The van der Waals surface area contributed by atoms with Gasteiger partial charge in [0.15, 0.2) is 5.96 Å². The molecule has 1 aliphatic heterocycles. The van der Waals surface area contributed by atoms with Crippen LogP contribution in [0.3, 0.4) is 0 Å². The maximum absolute atomic E-state index is 12.4. The summed E-state index contributed by atoms with van der Waals surface area (Å²) in [6.45, 7) is 4.74. The van der Waals surface area contributed by atoms with Gasteiger partial charge in [0.25, 0.3) is 5.91 Å². The fourth-order valence-electron chi connectivity index (χ4n) is 2.34. The van der Waals surface area contributed by atoms with Crippen LogP contribution in [0, 0.1) is 0 Å². The zero-order valence-electron chi connectivity index (χ0n) is 12.2. The number of benzene rings is 1. The summed E-state index contributed by atoms with van der Waals surface area (Å²) >= 11 is 0. The monoisotopic (exact) mass is 275 g/mol. The number of rotatable bonds is 5. The Labute approximate surface area is 119 Å². The summed E-state index contributed by atoms with van der Waals surface area (Å²) in [4.78, 5) is 16.7. The van der Waals surface area contributed by atoms with Crippen LogP contribution < -0.4 is 15.4 Å². The SMILES string of the molecule is CCCN=C1NC(=O)C(CC)(c2ccc(OC)cc2)N1. The summed E-state index contributed by atoms with van der Waals surface area (Å²) in [5, 5.41) is 6.07. The summed E-state index contributed by atoms with van der Waals surface area (Å²) in [6, 6.07) is 7.56. The van der Waals surface area contributed by atoms with Gasteiger partial charge < -0.3 is 10.1 Å². The molecule has 20 heavy (non-hydrogen) atoms. The maximum Gasteiger partial charge on any atom is 0.257 e. The van der Waals surface area contributed by atoms with Crippen molar-refractivity contribution < 1.29 is 9.53 Å². The van der Waals surface area contributed by atoms with Crippen LogP contribution in [0.5, 0.6) is 5.75 Å². The van der Waals surface area contributed by atoms with E-state index in [-0.39, 0.29) is 5.91 Å². The van der Waals surface area contributed by atoms with Gasteiger partial charge in [0, 0.05) is 6.54 Å². The lowest BCUT2D eigenvalue weighted by molar-refractivity contribution is -0.124. The first-order valence-corrected chi connectivity index (χ1v) is 6.95. The van der Waals surface area contributed by atoms with Gasteiger partial charge in [0.05, 0.1) is 7.11 Å². The van der Waals surface area contributed by atoms with Gasteiger partial charge in [0.1, 0.15) is 11.3 Å². The van der Waals surface area contributed by atoms with Crippen LogP contribution in [-0.4, -0.2) is 25.5 Å². The Morgan fingerprint density at radius 2 is 1.95 bits per heavy atom. The lowest BCUT2D eigenvalue weighted by Gasteiger charge is -2.25. The molecule has 0 radical (unpaired) electrons. The molecule has 1 unspecified atom stereocenters. The highest BCUT2D eigenvalue weighted by Gasteiger charge is 2.45. The van der Waals surface area contributed by atoms with Crippen molar-refractivity contribution in [2.75, 3.05) is 13.7 Å². The Morgan fingerprint density at radius 1 is 1.25 bits per heavy atom. The molecule has 1 saturated heterocycles. The van der Waals surface area contributed by atoms with E-state index in [1.54, 1.807) is 7.11 Å². The highest BCUT2D eigenvalue weighted by molar-refractivity contribution is 6.09. The summed E-state index contributed by atoms with van der Waals surface area (Å²) < 4.78 is 5.15. The number of carbonyl (C=O) groups is 1. The number of amides is 1. The molecule has 2 N–H and O–H groups in total. The molecule has 1 atom stereocenters. The number of nitrogens with one attached hydrogen (secondary N) is 2.